The quantitative estimate of drug-likeness (QED) is 0.852. The van der Waals surface area contributed by atoms with E-state index in [0.29, 0.717) is 12.1 Å². The van der Waals surface area contributed by atoms with E-state index in [1.54, 1.807) is 6.92 Å². The third-order valence-corrected chi connectivity index (χ3v) is 4.28. The van der Waals surface area contributed by atoms with Crippen LogP contribution in [-0.2, 0) is 10.0 Å². The molecule has 0 bridgehead atoms. The molecular formula is C12H19FN2O2S. The molecule has 0 saturated heterocycles. The van der Waals surface area contributed by atoms with Gasteiger partial charge in [0.15, 0.2) is 0 Å². The SMILES string of the molecule is Cc1ccc(F)cc1S(=O)(=O)NCC(C)(C)CN. The molecule has 0 aliphatic heterocycles. The molecule has 0 amide bonds. The van der Waals surface area contributed by atoms with Crippen LogP contribution in [0.25, 0.3) is 0 Å². The molecule has 0 atom stereocenters. The lowest BCUT2D eigenvalue weighted by Gasteiger charge is -2.22. The number of aryl methyl sites for hydroxylation is 1. The van der Waals surface area contributed by atoms with Crippen molar-refractivity contribution < 1.29 is 12.8 Å². The van der Waals surface area contributed by atoms with Gasteiger partial charge in [-0.2, -0.15) is 0 Å². The van der Waals surface area contributed by atoms with Crippen LogP contribution in [0.4, 0.5) is 4.39 Å². The lowest BCUT2D eigenvalue weighted by Crippen LogP contribution is -2.38. The molecule has 1 rings (SSSR count). The molecule has 0 heterocycles. The fourth-order valence-corrected chi connectivity index (χ4v) is 2.80. The Morgan fingerprint density at radius 3 is 2.56 bits per heavy atom. The normalized spacial score (nSPS) is 12.7. The van der Waals surface area contributed by atoms with Crippen LogP contribution in [0.5, 0.6) is 0 Å². The summed E-state index contributed by atoms with van der Waals surface area (Å²) in [5.74, 6) is -0.570. The predicted molar refractivity (Wildman–Crippen MR) is 69.2 cm³/mol. The molecule has 1 aromatic carbocycles. The van der Waals surface area contributed by atoms with Crippen molar-refractivity contribution >= 4 is 10.0 Å². The zero-order valence-corrected chi connectivity index (χ0v) is 11.6. The van der Waals surface area contributed by atoms with Crippen LogP contribution in [0, 0.1) is 18.2 Å². The predicted octanol–water partition coefficient (Wildman–Crippen LogP) is 1.40. The summed E-state index contributed by atoms with van der Waals surface area (Å²) in [6.07, 6.45) is 0. The summed E-state index contributed by atoms with van der Waals surface area (Å²) < 4.78 is 39.7. The van der Waals surface area contributed by atoms with E-state index in [9.17, 15) is 12.8 Å². The summed E-state index contributed by atoms with van der Waals surface area (Å²) in [5, 5.41) is 0. The Bertz CT molecular complexity index is 527. The Balaban J connectivity index is 2.97. The molecule has 0 spiro atoms. The summed E-state index contributed by atoms with van der Waals surface area (Å²) in [6, 6.07) is 3.70. The minimum absolute atomic E-state index is 0.0321. The highest BCUT2D eigenvalue weighted by atomic mass is 32.2. The number of nitrogens with one attached hydrogen (secondary N) is 1. The number of nitrogens with two attached hydrogens (primary N) is 1. The Hall–Kier alpha value is -0.980. The van der Waals surface area contributed by atoms with Crippen molar-refractivity contribution in [3.63, 3.8) is 0 Å². The molecule has 0 unspecified atom stereocenters. The fourth-order valence-electron chi connectivity index (χ4n) is 1.30. The Labute approximate surface area is 107 Å². The lowest BCUT2D eigenvalue weighted by molar-refractivity contribution is 0.376. The van der Waals surface area contributed by atoms with Crippen LogP contribution in [0.3, 0.4) is 0 Å². The fraction of sp³-hybridized carbons (Fsp3) is 0.500. The lowest BCUT2D eigenvalue weighted by atomic mass is 9.95. The molecule has 0 saturated carbocycles. The van der Waals surface area contributed by atoms with Gasteiger partial charge in [-0.25, -0.2) is 17.5 Å². The monoisotopic (exact) mass is 274 g/mol. The number of halogens is 1. The second kappa shape index (κ2) is 5.34. The van der Waals surface area contributed by atoms with Crippen molar-refractivity contribution in [3.05, 3.63) is 29.6 Å². The highest BCUT2D eigenvalue weighted by Crippen LogP contribution is 2.18. The van der Waals surface area contributed by atoms with Crippen LogP contribution < -0.4 is 10.5 Å². The van der Waals surface area contributed by atoms with Crippen LogP contribution in [0.2, 0.25) is 0 Å². The van der Waals surface area contributed by atoms with E-state index in [0.717, 1.165) is 6.07 Å². The van der Waals surface area contributed by atoms with E-state index in [2.05, 4.69) is 4.72 Å². The largest absolute Gasteiger partial charge is 0.330 e. The number of benzene rings is 1. The average Bonchev–Trinajstić information content (AvgIpc) is 2.30. The van der Waals surface area contributed by atoms with E-state index in [1.165, 1.54) is 12.1 Å². The van der Waals surface area contributed by atoms with E-state index < -0.39 is 15.8 Å². The van der Waals surface area contributed by atoms with Gasteiger partial charge in [0.2, 0.25) is 10.0 Å². The van der Waals surface area contributed by atoms with Crippen LogP contribution in [0.15, 0.2) is 23.1 Å². The molecule has 0 aliphatic rings. The van der Waals surface area contributed by atoms with Gasteiger partial charge in [-0.05, 0) is 36.6 Å². The van der Waals surface area contributed by atoms with Crippen molar-refractivity contribution in [2.45, 2.75) is 25.7 Å². The number of rotatable bonds is 5. The van der Waals surface area contributed by atoms with Crippen molar-refractivity contribution in [2.24, 2.45) is 11.1 Å². The van der Waals surface area contributed by atoms with E-state index in [-0.39, 0.29) is 16.9 Å². The zero-order valence-electron chi connectivity index (χ0n) is 10.8. The van der Waals surface area contributed by atoms with Gasteiger partial charge < -0.3 is 5.73 Å². The van der Waals surface area contributed by atoms with Crippen LogP contribution >= 0.6 is 0 Å². The highest BCUT2D eigenvalue weighted by molar-refractivity contribution is 7.89. The van der Waals surface area contributed by atoms with Gasteiger partial charge in [0, 0.05) is 6.54 Å². The molecule has 0 aromatic heterocycles. The smallest absolute Gasteiger partial charge is 0.240 e. The third kappa shape index (κ3) is 3.76. The molecule has 0 radical (unpaired) electrons. The van der Waals surface area contributed by atoms with E-state index in [4.69, 9.17) is 5.73 Å². The first-order chi connectivity index (χ1) is 8.18. The standard InChI is InChI=1S/C12H19FN2O2S/c1-9-4-5-10(13)6-11(9)18(16,17)15-8-12(2,3)7-14/h4-6,15H,7-8,14H2,1-3H3. The van der Waals surface area contributed by atoms with E-state index in [1.807, 2.05) is 13.8 Å². The van der Waals surface area contributed by atoms with Crippen molar-refractivity contribution in [2.75, 3.05) is 13.1 Å². The summed E-state index contributed by atoms with van der Waals surface area (Å²) in [7, 11) is -3.70. The second-order valence-electron chi connectivity index (χ2n) is 5.10. The Morgan fingerprint density at radius 2 is 2.00 bits per heavy atom. The van der Waals surface area contributed by atoms with Crippen molar-refractivity contribution in [1.82, 2.24) is 4.72 Å². The minimum atomic E-state index is -3.70. The van der Waals surface area contributed by atoms with Gasteiger partial charge in [-0.15, -0.1) is 0 Å². The van der Waals surface area contributed by atoms with Gasteiger partial charge in [0.05, 0.1) is 4.90 Å². The molecule has 3 N–H and O–H groups in total. The van der Waals surface area contributed by atoms with Gasteiger partial charge in [-0.3, -0.25) is 0 Å². The van der Waals surface area contributed by atoms with E-state index >= 15 is 0 Å². The highest BCUT2D eigenvalue weighted by Gasteiger charge is 2.22. The summed E-state index contributed by atoms with van der Waals surface area (Å²) in [5.41, 5.74) is 5.70. The van der Waals surface area contributed by atoms with Crippen molar-refractivity contribution in [3.8, 4) is 0 Å². The van der Waals surface area contributed by atoms with Crippen LogP contribution in [0.1, 0.15) is 19.4 Å². The van der Waals surface area contributed by atoms with Gasteiger partial charge >= 0.3 is 0 Å². The molecule has 6 heteroatoms. The maximum Gasteiger partial charge on any atom is 0.240 e. The van der Waals surface area contributed by atoms with Gasteiger partial charge in [-0.1, -0.05) is 19.9 Å². The number of sulfonamides is 1. The van der Waals surface area contributed by atoms with Gasteiger partial charge in [0.25, 0.3) is 0 Å². The third-order valence-electron chi connectivity index (χ3n) is 2.73. The number of hydrogen-bond acceptors (Lipinski definition) is 3. The first kappa shape index (κ1) is 15.1. The van der Waals surface area contributed by atoms with Gasteiger partial charge in [0.1, 0.15) is 5.82 Å². The summed E-state index contributed by atoms with van der Waals surface area (Å²) in [6.45, 7) is 5.91. The molecule has 4 nitrogen and oxygen atoms in total. The topological polar surface area (TPSA) is 72.2 Å². The molecular weight excluding hydrogens is 255 g/mol. The first-order valence-corrected chi connectivity index (χ1v) is 7.12. The molecule has 102 valence electrons. The molecule has 0 fully saturated rings. The Morgan fingerprint density at radius 1 is 1.39 bits per heavy atom. The molecule has 18 heavy (non-hydrogen) atoms. The molecule has 0 aliphatic carbocycles. The maximum atomic E-state index is 13.1. The number of hydrogen-bond donors (Lipinski definition) is 2. The Kier molecular flexibility index (Phi) is 4.47. The minimum Gasteiger partial charge on any atom is -0.330 e. The second-order valence-corrected chi connectivity index (χ2v) is 6.84. The summed E-state index contributed by atoms with van der Waals surface area (Å²) >= 11 is 0. The van der Waals surface area contributed by atoms with Crippen molar-refractivity contribution in [1.29, 1.82) is 0 Å². The average molecular weight is 274 g/mol. The first-order valence-electron chi connectivity index (χ1n) is 5.64. The zero-order chi connectivity index (χ0) is 14.0. The summed E-state index contributed by atoms with van der Waals surface area (Å²) in [4.78, 5) is -0.0321. The van der Waals surface area contributed by atoms with Crippen LogP contribution in [-0.4, -0.2) is 21.5 Å². The maximum absolute atomic E-state index is 13.1. The molecule has 1 aromatic rings.